The van der Waals surface area contributed by atoms with Crippen molar-refractivity contribution in [2.75, 3.05) is 11.9 Å². The van der Waals surface area contributed by atoms with Crippen LogP contribution in [0.15, 0.2) is 42.5 Å². The molecule has 0 saturated carbocycles. The van der Waals surface area contributed by atoms with Crippen LogP contribution in [0.5, 0.6) is 5.75 Å². The van der Waals surface area contributed by atoms with Gasteiger partial charge in [0.15, 0.2) is 6.61 Å². The number of ether oxygens (including phenoxy) is 1. The number of amides is 1. The van der Waals surface area contributed by atoms with Gasteiger partial charge in [0.25, 0.3) is 5.91 Å². The molecule has 0 heterocycles. The first-order valence-electron chi connectivity index (χ1n) is 6.17. The molecule has 0 spiro atoms. The third-order valence-electron chi connectivity index (χ3n) is 2.71. The van der Waals surface area contributed by atoms with E-state index in [0.29, 0.717) is 27.0 Å². The van der Waals surface area contributed by atoms with Crippen LogP contribution in [0.1, 0.15) is 5.56 Å². The largest absolute Gasteiger partial charge is 0.482 e. The van der Waals surface area contributed by atoms with Gasteiger partial charge in [-0.25, -0.2) is 0 Å². The van der Waals surface area contributed by atoms with Crippen LogP contribution < -0.4 is 10.1 Å². The molecule has 0 unspecified atom stereocenters. The maximum atomic E-state index is 11.8. The number of hydrogen-bond acceptors (Lipinski definition) is 3. The number of aliphatic hydroxyl groups excluding tert-OH is 1. The number of anilines is 1. The number of carbonyl (C=O) groups excluding carboxylic acids is 1. The highest BCUT2D eigenvalue weighted by molar-refractivity contribution is 6.33. The summed E-state index contributed by atoms with van der Waals surface area (Å²) in [5, 5.41) is 12.6. The number of para-hydroxylation sites is 2. The van der Waals surface area contributed by atoms with Crippen LogP contribution in [0, 0.1) is 0 Å². The quantitative estimate of drug-likeness (QED) is 0.884. The van der Waals surface area contributed by atoms with Crippen molar-refractivity contribution in [1.29, 1.82) is 0 Å². The van der Waals surface area contributed by atoms with Crippen LogP contribution >= 0.6 is 23.2 Å². The summed E-state index contributed by atoms with van der Waals surface area (Å²) in [7, 11) is 0. The Kier molecular flexibility index (Phi) is 5.44. The lowest BCUT2D eigenvalue weighted by Gasteiger charge is -2.12. The molecule has 6 heteroatoms. The van der Waals surface area contributed by atoms with Crippen molar-refractivity contribution in [3.63, 3.8) is 0 Å². The Bertz CT molecular complexity index is 647. The lowest BCUT2D eigenvalue weighted by Crippen LogP contribution is -2.20. The van der Waals surface area contributed by atoms with E-state index in [1.807, 2.05) is 0 Å². The van der Waals surface area contributed by atoms with E-state index < -0.39 is 0 Å². The molecule has 0 aliphatic heterocycles. The van der Waals surface area contributed by atoms with Crippen molar-refractivity contribution in [3.8, 4) is 5.75 Å². The van der Waals surface area contributed by atoms with Gasteiger partial charge < -0.3 is 15.2 Å². The summed E-state index contributed by atoms with van der Waals surface area (Å²) < 4.78 is 5.39. The van der Waals surface area contributed by atoms with Crippen LogP contribution in [0.25, 0.3) is 0 Å². The Hall–Kier alpha value is -1.75. The number of carbonyl (C=O) groups is 1. The van der Waals surface area contributed by atoms with Gasteiger partial charge in [0.1, 0.15) is 5.75 Å². The van der Waals surface area contributed by atoms with Gasteiger partial charge >= 0.3 is 0 Å². The van der Waals surface area contributed by atoms with Crippen LogP contribution in [-0.2, 0) is 11.4 Å². The SMILES string of the molecule is O=C(COc1c(Cl)cccc1CO)Nc1ccccc1Cl. The van der Waals surface area contributed by atoms with E-state index in [-0.39, 0.29) is 19.1 Å². The van der Waals surface area contributed by atoms with Gasteiger partial charge in [0.05, 0.1) is 22.3 Å². The smallest absolute Gasteiger partial charge is 0.262 e. The van der Waals surface area contributed by atoms with Gasteiger partial charge in [-0.1, -0.05) is 47.5 Å². The average molecular weight is 326 g/mol. The zero-order chi connectivity index (χ0) is 15.2. The van der Waals surface area contributed by atoms with Gasteiger partial charge in [-0.3, -0.25) is 4.79 Å². The standard InChI is InChI=1S/C15H13Cl2NO3/c16-11-5-1-2-7-13(11)18-14(20)9-21-15-10(8-19)4-3-6-12(15)17/h1-7,19H,8-9H2,(H,18,20). The minimum atomic E-state index is -0.369. The summed E-state index contributed by atoms with van der Waals surface area (Å²) in [5.41, 5.74) is 1.03. The van der Waals surface area contributed by atoms with Crippen molar-refractivity contribution in [3.05, 3.63) is 58.1 Å². The van der Waals surface area contributed by atoms with E-state index in [1.54, 1.807) is 42.5 Å². The lowest BCUT2D eigenvalue weighted by atomic mass is 10.2. The molecular weight excluding hydrogens is 313 g/mol. The highest BCUT2D eigenvalue weighted by Crippen LogP contribution is 2.28. The van der Waals surface area contributed by atoms with E-state index in [2.05, 4.69) is 5.32 Å². The van der Waals surface area contributed by atoms with E-state index in [4.69, 9.17) is 27.9 Å². The minimum absolute atomic E-state index is 0.220. The fourth-order valence-electron chi connectivity index (χ4n) is 1.73. The number of aliphatic hydroxyl groups is 1. The number of benzene rings is 2. The van der Waals surface area contributed by atoms with E-state index in [0.717, 1.165) is 0 Å². The lowest BCUT2D eigenvalue weighted by molar-refractivity contribution is -0.118. The molecule has 0 saturated heterocycles. The van der Waals surface area contributed by atoms with Crippen molar-refractivity contribution in [2.45, 2.75) is 6.61 Å². The molecule has 2 aromatic rings. The van der Waals surface area contributed by atoms with Crippen LogP contribution in [0.4, 0.5) is 5.69 Å². The molecule has 4 nitrogen and oxygen atoms in total. The van der Waals surface area contributed by atoms with E-state index >= 15 is 0 Å². The Morgan fingerprint density at radius 3 is 2.52 bits per heavy atom. The first-order valence-corrected chi connectivity index (χ1v) is 6.93. The summed E-state index contributed by atoms with van der Waals surface area (Å²) in [6, 6.07) is 11.9. The van der Waals surface area contributed by atoms with Gasteiger partial charge in [-0.05, 0) is 18.2 Å². The van der Waals surface area contributed by atoms with Gasteiger partial charge in [-0.2, -0.15) is 0 Å². The summed E-state index contributed by atoms with van der Waals surface area (Å²) in [6.07, 6.45) is 0. The molecule has 0 aliphatic carbocycles. The van der Waals surface area contributed by atoms with Crippen molar-refractivity contribution < 1.29 is 14.6 Å². The third-order valence-corrected chi connectivity index (χ3v) is 3.34. The summed E-state index contributed by atoms with van der Waals surface area (Å²) >= 11 is 11.9. The maximum absolute atomic E-state index is 11.8. The molecular formula is C15H13Cl2NO3. The van der Waals surface area contributed by atoms with Gasteiger partial charge in [0.2, 0.25) is 0 Å². The second-order valence-electron chi connectivity index (χ2n) is 4.20. The third kappa shape index (κ3) is 4.11. The van der Waals surface area contributed by atoms with Crippen molar-refractivity contribution in [1.82, 2.24) is 0 Å². The molecule has 0 atom stereocenters. The zero-order valence-electron chi connectivity index (χ0n) is 11.0. The monoisotopic (exact) mass is 325 g/mol. The van der Waals surface area contributed by atoms with Crippen molar-refractivity contribution in [2.24, 2.45) is 0 Å². The molecule has 2 rings (SSSR count). The molecule has 21 heavy (non-hydrogen) atoms. The first-order chi connectivity index (χ1) is 10.1. The number of halogens is 2. The van der Waals surface area contributed by atoms with E-state index in [9.17, 15) is 9.90 Å². The average Bonchev–Trinajstić information content (AvgIpc) is 2.48. The highest BCUT2D eigenvalue weighted by Gasteiger charge is 2.11. The predicted molar refractivity (Wildman–Crippen MR) is 83.0 cm³/mol. The molecule has 2 N–H and O–H groups in total. The van der Waals surface area contributed by atoms with Crippen LogP contribution in [0.3, 0.4) is 0 Å². The Morgan fingerprint density at radius 1 is 1.10 bits per heavy atom. The fourth-order valence-corrected chi connectivity index (χ4v) is 2.16. The Labute approximate surface area is 132 Å². The molecule has 0 aliphatic rings. The molecule has 2 aromatic carbocycles. The number of rotatable bonds is 5. The summed E-state index contributed by atoms with van der Waals surface area (Å²) in [4.78, 5) is 11.8. The maximum Gasteiger partial charge on any atom is 0.262 e. The van der Waals surface area contributed by atoms with Crippen LogP contribution in [-0.4, -0.2) is 17.6 Å². The Balaban J connectivity index is 2.01. The van der Waals surface area contributed by atoms with E-state index in [1.165, 1.54) is 0 Å². The van der Waals surface area contributed by atoms with Gasteiger partial charge in [0, 0.05) is 5.56 Å². The fraction of sp³-hybridized carbons (Fsp3) is 0.133. The molecule has 110 valence electrons. The first kappa shape index (κ1) is 15.6. The second-order valence-corrected chi connectivity index (χ2v) is 5.02. The molecule has 1 amide bonds. The molecule has 0 radical (unpaired) electrons. The predicted octanol–water partition coefficient (Wildman–Crippen LogP) is 3.50. The summed E-state index contributed by atoms with van der Waals surface area (Å²) in [6.45, 7) is -0.454. The minimum Gasteiger partial charge on any atom is -0.482 e. The van der Waals surface area contributed by atoms with Gasteiger partial charge in [-0.15, -0.1) is 0 Å². The Morgan fingerprint density at radius 2 is 1.81 bits per heavy atom. The number of hydrogen-bond donors (Lipinski definition) is 2. The topological polar surface area (TPSA) is 58.6 Å². The molecule has 0 aromatic heterocycles. The zero-order valence-corrected chi connectivity index (χ0v) is 12.5. The highest BCUT2D eigenvalue weighted by atomic mass is 35.5. The second kappa shape index (κ2) is 7.31. The normalized spacial score (nSPS) is 10.2. The molecule has 0 fully saturated rings. The summed E-state index contributed by atoms with van der Waals surface area (Å²) in [5.74, 6) is -0.0668. The molecule has 0 bridgehead atoms. The number of nitrogens with one attached hydrogen (secondary N) is 1. The van der Waals surface area contributed by atoms with Crippen LogP contribution in [0.2, 0.25) is 10.0 Å². The van der Waals surface area contributed by atoms with Crippen molar-refractivity contribution >= 4 is 34.8 Å².